The van der Waals surface area contributed by atoms with E-state index in [4.69, 9.17) is 9.47 Å². The van der Waals surface area contributed by atoms with Gasteiger partial charge >= 0.3 is 11.8 Å². The van der Waals surface area contributed by atoms with Crippen LogP contribution in [-0.2, 0) is 20.9 Å². The summed E-state index contributed by atoms with van der Waals surface area (Å²) in [5, 5.41) is 5.21. The molecule has 2 amide bonds. The van der Waals surface area contributed by atoms with Gasteiger partial charge in [-0.2, -0.15) is 0 Å². The van der Waals surface area contributed by atoms with E-state index in [1.807, 2.05) is 49.4 Å². The van der Waals surface area contributed by atoms with E-state index in [1.54, 1.807) is 20.3 Å². The fraction of sp³-hybridized carbons (Fsp3) is 0.300. The molecule has 0 aliphatic carbocycles. The van der Waals surface area contributed by atoms with E-state index in [2.05, 4.69) is 10.6 Å². The maximum Gasteiger partial charge on any atom is 0.309 e. The molecule has 0 saturated heterocycles. The maximum atomic E-state index is 12.0. The normalized spacial score (nSPS) is 11.5. The van der Waals surface area contributed by atoms with Crippen LogP contribution in [0.3, 0.4) is 0 Å². The number of carbonyl (C=O) groups is 2. The fourth-order valence-electron chi connectivity index (χ4n) is 2.64. The predicted octanol–water partition coefficient (Wildman–Crippen LogP) is 2.12. The monoisotopic (exact) mass is 356 g/mol. The molecule has 6 heteroatoms. The lowest BCUT2D eigenvalue weighted by Crippen LogP contribution is -2.41. The molecule has 138 valence electrons. The van der Waals surface area contributed by atoms with Crippen molar-refractivity contribution in [1.82, 2.24) is 10.6 Å². The first kappa shape index (κ1) is 19.5. The van der Waals surface area contributed by atoms with Gasteiger partial charge in [-0.05, 0) is 24.1 Å². The van der Waals surface area contributed by atoms with Gasteiger partial charge in [-0.15, -0.1) is 0 Å². The minimum absolute atomic E-state index is 0.210. The molecule has 0 unspecified atom stereocenters. The quantitative estimate of drug-likeness (QED) is 0.745. The molecule has 0 aromatic heterocycles. The van der Waals surface area contributed by atoms with Gasteiger partial charge in [-0.3, -0.25) is 9.59 Å². The summed E-state index contributed by atoms with van der Waals surface area (Å²) in [7, 11) is 3.13. The van der Waals surface area contributed by atoms with Crippen LogP contribution in [0.5, 0.6) is 5.75 Å². The van der Waals surface area contributed by atoms with Gasteiger partial charge in [-0.25, -0.2) is 0 Å². The highest BCUT2D eigenvalue weighted by Crippen LogP contribution is 2.19. The van der Waals surface area contributed by atoms with Crippen LogP contribution in [0.1, 0.15) is 22.8 Å². The number of benzene rings is 2. The Labute approximate surface area is 153 Å². The Balaban J connectivity index is 1.88. The molecule has 2 aromatic rings. The number of rotatable bonds is 7. The lowest BCUT2D eigenvalue weighted by Gasteiger charge is -2.18. The fourth-order valence-corrected chi connectivity index (χ4v) is 2.64. The van der Waals surface area contributed by atoms with Gasteiger partial charge in [-0.1, -0.05) is 42.5 Å². The Bertz CT molecular complexity index is 761. The van der Waals surface area contributed by atoms with Crippen LogP contribution in [-0.4, -0.2) is 32.6 Å². The van der Waals surface area contributed by atoms with Crippen molar-refractivity contribution in [3.63, 3.8) is 0 Å². The predicted molar refractivity (Wildman–Crippen MR) is 98.8 cm³/mol. The second-order valence-electron chi connectivity index (χ2n) is 5.79. The summed E-state index contributed by atoms with van der Waals surface area (Å²) in [5.41, 5.74) is 2.84. The van der Waals surface area contributed by atoms with Crippen molar-refractivity contribution in [2.24, 2.45) is 0 Å². The van der Waals surface area contributed by atoms with Gasteiger partial charge in [0.15, 0.2) is 0 Å². The molecule has 0 aliphatic rings. The van der Waals surface area contributed by atoms with E-state index < -0.39 is 11.8 Å². The molecule has 2 rings (SSSR count). The van der Waals surface area contributed by atoms with E-state index >= 15 is 0 Å². The summed E-state index contributed by atoms with van der Waals surface area (Å²) in [6.45, 7) is 2.40. The third kappa shape index (κ3) is 5.07. The number of para-hydroxylation sites is 1. The minimum atomic E-state index is -0.699. The van der Waals surface area contributed by atoms with Crippen molar-refractivity contribution in [2.75, 3.05) is 20.8 Å². The Kier molecular flexibility index (Phi) is 7.17. The van der Waals surface area contributed by atoms with Crippen LogP contribution in [0, 0.1) is 6.92 Å². The van der Waals surface area contributed by atoms with E-state index in [1.165, 1.54) is 0 Å². The van der Waals surface area contributed by atoms with Crippen LogP contribution < -0.4 is 15.4 Å². The minimum Gasteiger partial charge on any atom is -0.496 e. The summed E-state index contributed by atoms with van der Waals surface area (Å²) >= 11 is 0. The number of hydrogen-bond acceptors (Lipinski definition) is 4. The zero-order valence-corrected chi connectivity index (χ0v) is 15.2. The van der Waals surface area contributed by atoms with Gasteiger partial charge in [0.2, 0.25) is 0 Å². The van der Waals surface area contributed by atoms with Crippen molar-refractivity contribution in [3.8, 4) is 5.75 Å². The number of aryl methyl sites for hydroxylation is 1. The highest BCUT2D eigenvalue weighted by Gasteiger charge is 2.18. The molecular weight excluding hydrogens is 332 g/mol. The molecule has 1 atom stereocenters. The van der Waals surface area contributed by atoms with Crippen molar-refractivity contribution < 1.29 is 19.1 Å². The third-order valence-corrected chi connectivity index (χ3v) is 4.11. The second kappa shape index (κ2) is 9.58. The molecule has 2 aromatic carbocycles. The molecular formula is C20H24N2O4. The van der Waals surface area contributed by atoms with Gasteiger partial charge in [0.05, 0.1) is 13.2 Å². The summed E-state index contributed by atoms with van der Waals surface area (Å²) in [4.78, 5) is 24.1. The molecule has 6 nitrogen and oxygen atoms in total. The highest BCUT2D eigenvalue weighted by atomic mass is 16.5. The third-order valence-electron chi connectivity index (χ3n) is 4.11. The van der Waals surface area contributed by atoms with Gasteiger partial charge in [0.1, 0.15) is 5.75 Å². The van der Waals surface area contributed by atoms with Crippen molar-refractivity contribution in [2.45, 2.75) is 19.6 Å². The van der Waals surface area contributed by atoms with Crippen molar-refractivity contribution >= 4 is 11.8 Å². The van der Waals surface area contributed by atoms with Crippen molar-refractivity contribution in [3.05, 3.63) is 65.2 Å². The summed E-state index contributed by atoms with van der Waals surface area (Å²) < 4.78 is 10.7. The average molecular weight is 356 g/mol. The SMILES string of the molecule is COc1ccccc1CNC(=O)C(=O)NC[C@@H](OC)c1ccccc1C. The van der Waals surface area contributed by atoms with E-state index in [0.717, 1.165) is 16.7 Å². The molecule has 0 radical (unpaired) electrons. The number of hydrogen-bond donors (Lipinski definition) is 2. The summed E-state index contributed by atoms with van der Waals surface area (Å²) in [5.74, 6) is -0.738. The number of amides is 2. The zero-order chi connectivity index (χ0) is 18.9. The Morgan fingerprint density at radius 3 is 2.31 bits per heavy atom. The Hall–Kier alpha value is -2.86. The molecule has 0 aliphatic heterocycles. The first-order valence-corrected chi connectivity index (χ1v) is 8.33. The second-order valence-corrected chi connectivity index (χ2v) is 5.79. The van der Waals surface area contributed by atoms with Crippen LogP contribution >= 0.6 is 0 Å². The molecule has 0 saturated carbocycles. The van der Waals surface area contributed by atoms with E-state index in [0.29, 0.717) is 5.75 Å². The number of methoxy groups -OCH3 is 2. The largest absolute Gasteiger partial charge is 0.496 e. The first-order valence-electron chi connectivity index (χ1n) is 8.33. The Morgan fingerprint density at radius 2 is 1.62 bits per heavy atom. The number of carbonyl (C=O) groups excluding carboxylic acids is 2. The summed E-state index contributed by atoms with van der Waals surface area (Å²) in [6.07, 6.45) is -0.317. The number of ether oxygens (including phenoxy) is 2. The van der Waals surface area contributed by atoms with Crippen LogP contribution in [0.4, 0.5) is 0 Å². The van der Waals surface area contributed by atoms with Crippen LogP contribution in [0.25, 0.3) is 0 Å². The van der Waals surface area contributed by atoms with Gasteiger partial charge in [0, 0.05) is 25.8 Å². The topological polar surface area (TPSA) is 76.7 Å². The molecule has 26 heavy (non-hydrogen) atoms. The lowest BCUT2D eigenvalue weighted by molar-refractivity contribution is -0.139. The highest BCUT2D eigenvalue weighted by molar-refractivity contribution is 6.35. The number of nitrogens with one attached hydrogen (secondary N) is 2. The van der Waals surface area contributed by atoms with Crippen LogP contribution in [0.15, 0.2) is 48.5 Å². The van der Waals surface area contributed by atoms with Crippen molar-refractivity contribution in [1.29, 1.82) is 0 Å². The lowest BCUT2D eigenvalue weighted by atomic mass is 10.0. The summed E-state index contributed by atoms with van der Waals surface area (Å²) in [6, 6.07) is 15.1. The van der Waals surface area contributed by atoms with Crippen LogP contribution in [0.2, 0.25) is 0 Å². The molecule has 0 fully saturated rings. The maximum absolute atomic E-state index is 12.0. The molecule has 0 heterocycles. The van der Waals surface area contributed by atoms with Gasteiger partial charge < -0.3 is 20.1 Å². The molecule has 0 bridgehead atoms. The Morgan fingerprint density at radius 1 is 0.962 bits per heavy atom. The molecule has 2 N–H and O–H groups in total. The smallest absolute Gasteiger partial charge is 0.309 e. The molecule has 0 spiro atoms. The average Bonchev–Trinajstić information content (AvgIpc) is 2.67. The standard InChI is InChI=1S/C20H24N2O4/c1-14-8-4-6-10-16(14)18(26-3)13-22-20(24)19(23)21-12-15-9-5-7-11-17(15)25-2/h4-11,18H,12-13H2,1-3H3,(H,21,23)(H,22,24)/t18-/m1/s1. The zero-order valence-electron chi connectivity index (χ0n) is 15.2. The van der Waals surface area contributed by atoms with E-state index in [-0.39, 0.29) is 19.2 Å². The van der Waals surface area contributed by atoms with E-state index in [9.17, 15) is 9.59 Å². The van der Waals surface area contributed by atoms with Gasteiger partial charge in [0.25, 0.3) is 0 Å². The first-order chi connectivity index (χ1) is 12.6.